The number of aliphatic hydroxyl groups excluding tert-OH is 1. The maximum atomic E-state index is 9.89. The lowest BCUT2D eigenvalue weighted by atomic mass is 10.0. The van der Waals surface area contributed by atoms with E-state index >= 15 is 0 Å². The average Bonchev–Trinajstić information content (AvgIpc) is 2.58. The van der Waals surface area contributed by atoms with Crippen molar-refractivity contribution in [3.8, 4) is 0 Å². The van der Waals surface area contributed by atoms with Gasteiger partial charge in [0.25, 0.3) is 0 Å². The van der Waals surface area contributed by atoms with Crippen molar-refractivity contribution in [2.75, 3.05) is 4.90 Å². The monoisotopic (exact) mass is 219 g/mol. The summed E-state index contributed by atoms with van der Waals surface area (Å²) in [5.41, 5.74) is 4.05. The molecule has 0 saturated carbocycles. The Bertz CT molecular complexity index is 384. The highest BCUT2D eigenvalue weighted by atomic mass is 16.3. The van der Waals surface area contributed by atoms with Gasteiger partial charge in [-0.15, -0.1) is 0 Å². The molecule has 88 valence electrons. The van der Waals surface area contributed by atoms with Gasteiger partial charge in [-0.3, -0.25) is 0 Å². The van der Waals surface area contributed by atoms with Gasteiger partial charge in [-0.1, -0.05) is 12.1 Å². The molecule has 0 amide bonds. The second kappa shape index (κ2) is 4.10. The zero-order valence-electron chi connectivity index (χ0n) is 10.6. The van der Waals surface area contributed by atoms with Gasteiger partial charge >= 0.3 is 0 Å². The highest BCUT2D eigenvalue weighted by Crippen LogP contribution is 2.36. The number of aryl methyl sites for hydroxylation is 1. The second-order valence-corrected chi connectivity index (χ2v) is 5.09. The van der Waals surface area contributed by atoms with E-state index in [4.69, 9.17) is 0 Å². The Kier molecular flexibility index (Phi) is 2.94. The molecule has 1 aliphatic rings. The molecule has 1 N–H and O–H groups in total. The maximum absolute atomic E-state index is 9.89. The van der Waals surface area contributed by atoms with Crippen molar-refractivity contribution in [1.29, 1.82) is 0 Å². The first-order chi connectivity index (χ1) is 7.52. The molecule has 2 heteroatoms. The van der Waals surface area contributed by atoms with Gasteiger partial charge in [0, 0.05) is 11.7 Å². The van der Waals surface area contributed by atoms with Crippen LogP contribution in [0.15, 0.2) is 18.2 Å². The first-order valence-corrected chi connectivity index (χ1v) is 6.07. The Morgan fingerprint density at radius 3 is 2.56 bits per heavy atom. The highest BCUT2D eigenvalue weighted by molar-refractivity contribution is 5.62. The van der Waals surface area contributed by atoms with Crippen molar-refractivity contribution >= 4 is 5.69 Å². The van der Waals surface area contributed by atoms with E-state index in [1.165, 1.54) is 16.8 Å². The van der Waals surface area contributed by atoms with E-state index < -0.39 is 0 Å². The Hall–Kier alpha value is -1.02. The van der Waals surface area contributed by atoms with E-state index in [0.717, 1.165) is 6.42 Å². The lowest BCUT2D eigenvalue weighted by molar-refractivity contribution is 0.159. The van der Waals surface area contributed by atoms with Gasteiger partial charge in [-0.2, -0.15) is 0 Å². The lowest BCUT2D eigenvalue weighted by Crippen LogP contribution is -2.44. The van der Waals surface area contributed by atoms with Crippen LogP contribution in [-0.2, 0) is 6.42 Å². The van der Waals surface area contributed by atoms with Gasteiger partial charge < -0.3 is 10.0 Å². The Morgan fingerprint density at radius 2 is 2.00 bits per heavy atom. The van der Waals surface area contributed by atoms with Crippen LogP contribution in [0.5, 0.6) is 0 Å². The molecule has 1 heterocycles. The predicted molar refractivity (Wildman–Crippen MR) is 68.0 cm³/mol. The summed E-state index contributed by atoms with van der Waals surface area (Å²) in [6, 6.07) is 7.10. The topological polar surface area (TPSA) is 23.5 Å². The van der Waals surface area contributed by atoms with Crippen molar-refractivity contribution in [2.45, 2.75) is 52.3 Å². The van der Waals surface area contributed by atoms with Crippen molar-refractivity contribution in [2.24, 2.45) is 0 Å². The molecule has 1 aromatic rings. The highest BCUT2D eigenvalue weighted by Gasteiger charge is 2.34. The predicted octanol–water partition coefficient (Wildman–Crippen LogP) is 2.52. The van der Waals surface area contributed by atoms with Crippen LogP contribution in [-0.4, -0.2) is 23.3 Å². The van der Waals surface area contributed by atoms with Crippen LogP contribution >= 0.6 is 0 Å². The van der Waals surface area contributed by atoms with Gasteiger partial charge in [0.2, 0.25) is 0 Å². The largest absolute Gasteiger partial charge is 0.391 e. The number of aliphatic hydroxyl groups is 1. The average molecular weight is 219 g/mol. The number of nitrogens with zero attached hydrogens (tertiary/aromatic N) is 1. The number of hydrogen-bond donors (Lipinski definition) is 1. The number of hydrogen-bond acceptors (Lipinski definition) is 2. The number of benzene rings is 1. The Morgan fingerprint density at radius 1 is 1.31 bits per heavy atom. The quantitative estimate of drug-likeness (QED) is 0.826. The molecular weight excluding hydrogens is 198 g/mol. The van der Waals surface area contributed by atoms with Crippen molar-refractivity contribution in [3.05, 3.63) is 29.3 Å². The van der Waals surface area contributed by atoms with E-state index in [1.807, 2.05) is 6.92 Å². The normalized spacial score (nSPS) is 21.4. The summed E-state index contributed by atoms with van der Waals surface area (Å²) in [6.07, 6.45) is 0.687. The Balaban J connectivity index is 2.45. The fraction of sp³-hybridized carbons (Fsp3) is 0.571. The molecule has 2 atom stereocenters. The van der Waals surface area contributed by atoms with Crippen molar-refractivity contribution in [1.82, 2.24) is 0 Å². The first kappa shape index (κ1) is 11.5. The van der Waals surface area contributed by atoms with Crippen molar-refractivity contribution in [3.63, 3.8) is 0 Å². The number of anilines is 1. The minimum Gasteiger partial charge on any atom is -0.391 e. The molecule has 1 aliphatic heterocycles. The molecule has 0 saturated heterocycles. The van der Waals surface area contributed by atoms with Crippen LogP contribution in [0.1, 0.15) is 31.9 Å². The Labute approximate surface area is 97.9 Å². The molecule has 0 fully saturated rings. The fourth-order valence-electron chi connectivity index (χ4n) is 2.74. The summed E-state index contributed by atoms with van der Waals surface area (Å²) < 4.78 is 0. The number of rotatable bonds is 2. The molecule has 2 unspecified atom stereocenters. The van der Waals surface area contributed by atoms with Gasteiger partial charge in [0.1, 0.15) is 0 Å². The van der Waals surface area contributed by atoms with Gasteiger partial charge in [0.05, 0.1) is 12.1 Å². The van der Waals surface area contributed by atoms with Crippen LogP contribution in [0.25, 0.3) is 0 Å². The summed E-state index contributed by atoms with van der Waals surface area (Å²) in [4.78, 5) is 2.35. The molecule has 2 rings (SSSR count). The van der Waals surface area contributed by atoms with Crippen LogP contribution in [0.3, 0.4) is 0 Å². The lowest BCUT2D eigenvalue weighted by Gasteiger charge is -2.33. The minimum atomic E-state index is -0.283. The zero-order chi connectivity index (χ0) is 11.9. The zero-order valence-corrected chi connectivity index (χ0v) is 10.6. The molecule has 0 spiro atoms. The van der Waals surface area contributed by atoms with Gasteiger partial charge in [-0.05, 0) is 51.3 Å². The smallest absolute Gasteiger partial charge is 0.0718 e. The van der Waals surface area contributed by atoms with Gasteiger partial charge in [-0.25, -0.2) is 0 Å². The van der Waals surface area contributed by atoms with Crippen molar-refractivity contribution < 1.29 is 5.11 Å². The van der Waals surface area contributed by atoms with Crippen LogP contribution in [0, 0.1) is 6.92 Å². The van der Waals surface area contributed by atoms with E-state index in [9.17, 15) is 5.11 Å². The fourth-order valence-corrected chi connectivity index (χ4v) is 2.74. The third-order valence-corrected chi connectivity index (χ3v) is 3.55. The standard InChI is InChI=1S/C14H21NO/c1-9(2)15-13-7-5-6-10(3)12(13)8-14(15)11(4)16/h5-7,9,11,14,16H,8H2,1-4H3. The summed E-state index contributed by atoms with van der Waals surface area (Å²) in [5.74, 6) is 0. The van der Waals surface area contributed by atoms with Crippen LogP contribution in [0.4, 0.5) is 5.69 Å². The molecule has 0 aromatic heterocycles. The summed E-state index contributed by atoms with van der Waals surface area (Å²) >= 11 is 0. The van der Waals surface area contributed by atoms with E-state index in [1.54, 1.807) is 0 Å². The van der Waals surface area contributed by atoms with E-state index in [-0.39, 0.29) is 12.1 Å². The first-order valence-electron chi connectivity index (χ1n) is 6.07. The third-order valence-electron chi connectivity index (χ3n) is 3.55. The SMILES string of the molecule is Cc1cccc2c1CC(C(C)O)N2C(C)C. The summed E-state index contributed by atoms with van der Waals surface area (Å²) in [5, 5.41) is 9.89. The second-order valence-electron chi connectivity index (χ2n) is 5.09. The minimum absolute atomic E-state index is 0.232. The summed E-state index contributed by atoms with van der Waals surface area (Å²) in [7, 11) is 0. The molecule has 0 radical (unpaired) electrons. The summed E-state index contributed by atoms with van der Waals surface area (Å²) in [6.45, 7) is 8.42. The number of fused-ring (bicyclic) bond motifs is 1. The van der Waals surface area contributed by atoms with E-state index in [0.29, 0.717) is 6.04 Å². The third kappa shape index (κ3) is 1.71. The van der Waals surface area contributed by atoms with E-state index in [2.05, 4.69) is 43.9 Å². The molecular formula is C14H21NO. The van der Waals surface area contributed by atoms with Crippen LogP contribution < -0.4 is 4.90 Å². The molecule has 0 bridgehead atoms. The molecule has 0 aliphatic carbocycles. The molecule has 1 aromatic carbocycles. The molecule has 16 heavy (non-hydrogen) atoms. The van der Waals surface area contributed by atoms with Crippen LogP contribution in [0.2, 0.25) is 0 Å². The maximum Gasteiger partial charge on any atom is 0.0718 e. The molecule has 2 nitrogen and oxygen atoms in total. The van der Waals surface area contributed by atoms with Gasteiger partial charge in [0.15, 0.2) is 0 Å².